The van der Waals surface area contributed by atoms with Gasteiger partial charge in [-0.2, -0.15) is 0 Å². The van der Waals surface area contributed by atoms with Crippen LogP contribution < -0.4 is 16.0 Å². The topological polar surface area (TPSA) is 64.3 Å². The summed E-state index contributed by atoms with van der Waals surface area (Å²) in [6, 6.07) is 5.88. The Morgan fingerprint density at radius 1 is 1.47 bits per heavy atom. The standard InChI is InChI=1S/C13H20N2O2/c1-4-5-12(13(16)15-14)17-11-7-6-9(2)8-10(11)3/h6-8,12H,4-5,14H2,1-3H3,(H,15,16). The first-order chi connectivity index (χ1) is 8.08. The number of nitrogens with one attached hydrogen (secondary N) is 1. The highest BCUT2D eigenvalue weighted by molar-refractivity contribution is 5.80. The van der Waals surface area contributed by atoms with Crippen LogP contribution in [0.15, 0.2) is 18.2 Å². The molecular weight excluding hydrogens is 216 g/mol. The largest absolute Gasteiger partial charge is 0.480 e. The van der Waals surface area contributed by atoms with Crippen molar-refractivity contribution in [3.8, 4) is 5.75 Å². The summed E-state index contributed by atoms with van der Waals surface area (Å²) in [6.07, 6.45) is 0.991. The Hall–Kier alpha value is -1.55. The first kappa shape index (κ1) is 13.5. The minimum atomic E-state index is -0.522. The lowest BCUT2D eigenvalue weighted by molar-refractivity contribution is -0.128. The van der Waals surface area contributed by atoms with Crippen LogP contribution in [-0.2, 0) is 4.79 Å². The number of hydrazine groups is 1. The SMILES string of the molecule is CCCC(Oc1ccc(C)cc1C)C(=O)NN. The number of rotatable bonds is 5. The second-order valence-electron chi connectivity index (χ2n) is 4.17. The van der Waals surface area contributed by atoms with Crippen LogP contribution in [0, 0.1) is 13.8 Å². The third-order valence-electron chi connectivity index (χ3n) is 2.59. The van der Waals surface area contributed by atoms with Gasteiger partial charge >= 0.3 is 0 Å². The summed E-state index contributed by atoms with van der Waals surface area (Å²) in [7, 11) is 0. The van der Waals surface area contributed by atoms with E-state index in [0.717, 1.165) is 17.7 Å². The molecule has 0 aliphatic carbocycles. The molecule has 0 aliphatic heterocycles. The van der Waals surface area contributed by atoms with Crippen LogP contribution >= 0.6 is 0 Å². The lowest BCUT2D eigenvalue weighted by Gasteiger charge is -2.18. The lowest BCUT2D eigenvalue weighted by Crippen LogP contribution is -2.42. The van der Waals surface area contributed by atoms with Crippen LogP contribution in [0.25, 0.3) is 0 Å². The minimum Gasteiger partial charge on any atom is -0.480 e. The number of carbonyl (C=O) groups excluding carboxylic acids is 1. The Balaban J connectivity index is 2.82. The van der Waals surface area contributed by atoms with Crippen LogP contribution in [0.4, 0.5) is 0 Å². The monoisotopic (exact) mass is 236 g/mol. The zero-order chi connectivity index (χ0) is 12.8. The van der Waals surface area contributed by atoms with Gasteiger partial charge in [0.2, 0.25) is 0 Å². The number of aryl methyl sites for hydroxylation is 2. The molecule has 0 heterocycles. The van der Waals surface area contributed by atoms with E-state index in [-0.39, 0.29) is 5.91 Å². The van der Waals surface area contributed by atoms with E-state index in [1.165, 1.54) is 5.56 Å². The smallest absolute Gasteiger partial charge is 0.274 e. The highest BCUT2D eigenvalue weighted by atomic mass is 16.5. The number of benzene rings is 1. The van der Waals surface area contributed by atoms with Gasteiger partial charge in [0, 0.05) is 0 Å². The van der Waals surface area contributed by atoms with Crippen molar-refractivity contribution in [1.29, 1.82) is 0 Å². The molecule has 1 unspecified atom stereocenters. The third-order valence-corrected chi connectivity index (χ3v) is 2.59. The number of carbonyl (C=O) groups is 1. The van der Waals surface area contributed by atoms with Gasteiger partial charge in [0.15, 0.2) is 6.10 Å². The molecule has 1 amide bonds. The molecule has 94 valence electrons. The summed E-state index contributed by atoms with van der Waals surface area (Å²) in [5, 5.41) is 0. The Kier molecular flexibility index (Phi) is 4.97. The Labute approximate surface area is 102 Å². The molecule has 0 bridgehead atoms. The Bertz CT molecular complexity index is 391. The number of hydrogen-bond donors (Lipinski definition) is 2. The molecule has 0 aliphatic rings. The molecule has 4 nitrogen and oxygen atoms in total. The van der Waals surface area contributed by atoms with Crippen LogP contribution in [0.5, 0.6) is 5.75 Å². The maximum atomic E-state index is 11.5. The van der Waals surface area contributed by atoms with E-state index in [0.29, 0.717) is 6.42 Å². The van der Waals surface area contributed by atoms with E-state index in [2.05, 4.69) is 5.43 Å². The second-order valence-corrected chi connectivity index (χ2v) is 4.17. The first-order valence-electron chi connectivity index (χ1n) is 5.82. The van der Waals surface area contributed by atoms with Gasteiger partial charge in [-0.25, -0.2) is 5.84 Å². The molecule has 4 heteroatoms. The van der Waals surface area contributed by atoms with Crippen molar-refractivity contribution >= 4 is 5.91 Å². The fourth-order valence-corrected chi connectivity index (χ4v) is 1.68. The summed E-state index contributed by atoms with van der Waals surface area (Å²) in [5.74, 6) is 5.59. The summed E-state index contributed by atoms with van der Waals surface area (Å²) in [4.78, 5) is 11.5. The number of amides is 1. The molecule has 0 aromatic heterocycles. The minimum absolute atomic E-state index is 0.285. The molecular formula is C13H20N2O2. The summed E-state index contributed by atoms with van der Waals surface area (Å²) < 4.78 is 5.70. The molecule has 1 atom stereocenters. The van der Waals surface area contributed by atoms with Gasteiger partial charge in [-0.05, 0) is 31.9 Å². The van der Waals surface area contributed by atoms with Crippen molar-refractivity contribution in [2.24, 2.45) is 5.84 Å². The number of hydrogen-bond acceptors (Lipinski definition) is 3. The van der Waals surface area contributed by atoms with Crippen molar-refractivity contribution in [1.82, 2.24) is 5.43 Å². The van der Waals surface area contributed by atoms with Gasteiger partial charge in [-0.15, -0.1) is 0 Å². The van der Waals surface area contributed by atoms with Crippen molar-refractivity contribution in [3.63, 3.8) is 0 Å². The average molecular weight is 236 g/mol. The highest BCUT2D eigenvalue weighted by Gasteiger charge is 2.19. The van der Waals surface area contributed by atoms with E-state index in [1.807, 2.05) is 39.0 Å². The summed E-state index contributed by atoms with van der Waals surface area (Å²) in [6.45, 7) is 5.99. The Morgan fingerprint density at radius 3 is 2.71 bits per heavy atom. The fraction of sp³-hybridized carbons (Fsp3) is 0.462. The van der Waals surface area contributed by atoms with Crippen molar-refractivity contribution < 1.29 is 9.53 Å². The van der Waals surface area contributed by atoms with Crippen LogP contribution in [0.2, 0.25) is 0 Å². The van der Waals surface area contributed by atoms with E-state index < -0.39 is 6.10 Å². The Morgan fingerprint density at radius 2 is 2.18 bits per heavy atom. The molecule has 0 radical (unpaired) electrons. The lowest BCUT2D eigenvalue weighted by atomic mass is 10.1. The highest BCUT2D eigenvalue weighted by Crippen LogP contribution is 2.21. The van der Waals surface area contributed by atoms with Gasteiger partial charge in [0.05, 0.1) is 0 Å². The fourth-order valence-electron chi connectivity index (χ4n) is 1.68. The molecule has 1 rings (SSSR count). The number of nitrogens with two attached hydrogens (primary N) is 1. The van der Waals surface area contributed by atoms with E-state index in [4.69, 9.17) is 10.6 Å². The predicted molar refractivity (Wildman–Crippen MR) is 67.6 cm³/mol. The zero-order valence-electron chi connectivity index (χ0n) is 10.6. The zero-order valence-corrected chi connectivity index (χ0v) is 10.6. The maximum Gasteiger partial charge on any atom is 0.274 e. The summed E-state index contributed by atoms with van der Waals surface area (Å²) >= 11 is 0. The molecule has 0 saturated carbocycles. The van der Waals surface area contributed by atoms with E-state index >= 15 is 0 Å². The van der Waals surface area contributed by atoms with Gasteiger partial charge in [0.1, 0.15) is 5.75 Å². The number of ether oxygens (including phenoxy) is 1. The molecule has 0 saturated heterocycles. The third kappa shape index (κ3) is 3.75. The average Bonchev–Trinajstić information content (AvgIpc) is 2.30. The first-order valence-corrected chi connectivity index (χ1v) is 5.82. The molecule has 3 N–H and O–H groups in total. The quantitative estimate of drug-likeness (QED) is 0.466. The van der Waals surface area contributed by atoms with Crippen LogP contribution in [0.1, 0.15) is 30.9 Å². The van der Waals surface area contributed by atoms with Crippen LogP contribution in [-0.4, -0.2) is 12.0 Å². The van der Waals surface area contributed by atoms with Crippen molar-refractivity contribution in [2.45, 2.75) is 39.7 Å². The molecule has 17 heavy (non-hydrogen) atoms. The maximum absolute atomic E-state index is 11.5. The van der Waals surface area contributed by atoms with E-state index in [1.54, 1.807) is 0 Å². The van der Waals surface area contributed by atoms with Crippen molar-refractivity contribution in [3.05, 3.63) is 29.3 Å². The predicted octanol–water partition coefficient (Wildman–Crippen LogP) is 1.84. The molecule has 1 aromatic carbocycles. The van der Waals surface area contributed by atoms with Crippen LogP contribution in [0.3, 0.4) is 0 Å². The normalized spacial score (nSPS) is 12.0. The van der Waals surface area contributed by atoms with Gasteiger partial charge in [0.25, 0.3) is 5.91 Å². The molecule has 0 spiro atoms. The molecule has 1 aromatic rings. The summed E-state index contributed by atoms with van der Waals surface area (Å²) in [5.41, 5.74) is 4.33. The second kappa shape index (κ2) is 6.25. The van der Waals surface area contributed by atoms with E-state index in [9.17, 15) is 4.79 Å². The van der Waals surface area contributed by atoms with Gasteiger partial charge in [-0.1, -0.05) is 31.0 Å². The van der Waals surface area contributed by atoms with Gasteiger partial charge in [-0.3, -0.25) is 10.2 Å². The van der Waals surface area contributed by atoms with Crippen molar-refractivity contribution in [2.75, 3.05) is 0 Å². The van der Waals surface area contributed by atoms with Gasteiger partial charge < -0.3 is 4.74 Å². The molecule has 0 fully saturated rings.